The van der Waals surface area contributed by atoms with Gasteiger partial charge in [-0.05, 0) is 50.2 Å². The van der Waals surface area contributed by atoms with Crippen molar-refractivity contribution in [2.24, 2.45) is 0 Å². The van der Waals surface area contributed by atoms with E-state index in [0.29, 0.717) is 23.7 Å². The van der Waals surface area contributed by atoms with Crippen LogP contribution in [0.5, 0.6) is 5.75 Å². The Morgan fingerprint density at radius 1 is 1.00 bits per heavy atom. The fourth-order valence-corrected chi connectivity index (χ4v) is 2.26. The predicted molar refractivity (Wildman–Crippen MR) is 100 cm³/mol. The molecule has 0 aliphatic heterocycles. The molecule has 0 radical (unpaired) electrons. The first-order valence-electron chi connectivity index (χ1n) is 8.16. The van der Waals surface area contributed by atoms with Crippen molar-refractivity contribution in [3.63, 3.8) is 0 Å². The molecule has 1 unspecified atom stereocenters. The molecule has 6 heteroatoms. The summed E-state index contributed by atoms with van der Waals surface area (Å²) >= 11 is 0. The van der Waals surface area contributed by atoms with Gasteiger partial charge in [-0.3, -0.25) is 9.59 Å². The molecular weight excluding hydrogens is 318 g/mol. The Labute approximate surface area is 147 Å². The maximum Gasteiger partial charge on any atom is 0.246 e. The first kappa shape index (κ1) is 18.3. The van der Waals surface area contributed by atoms with Crippen molar-refractivity contribution in [3.05, 3.63) is 48.5 Å². The third kappa shape index (κ3) is 5.53. The topological polar surface area (TPSA) is 79.5 Å². The number of nitrogens with one attached hydrogen (secondary N) is 3. The third-order valence-corrected chi connectivity index (χ3v) is 3.43. The van der Waals surface area contributed by atoms with E-state index in [4.69, 9.17) is 4.74 Å². The zero-order valence-corrected chi connectivity index (χ0v) is 14.6. The summed E-state index contributed by atoms with van der Waals surface area (Å²) in [5.41, 5.74) is 2.14. The van der Waals surface area contributed by atoms with Crippen molar-refractivity contribution in [2.75, 3.05) is 22.6 Å². The number of carbonyl (C=O) groups is 2. The van der Waals surface area contributed by atoms with Gasteiger partial charge in [0, 0.05) is 18.3 Å². The lowest BCUT2D eigenvalue weighted by Crippen LogP contribution is -2.32. The van der Waals surface area contributed by atoms with Crippen molar-refractivity contribution in [1.82, 2.24) is 0 Å². The summed E-state index contributed by atoms with van der Waals surface area (Å²) in [5, 5.41) is 8.70. The molecule has 6 nitrogen and oxygen atoms in total. The van der Waals surface area contributed by atoms with Crippen LogP contribution in [0.4, 0.5) is 17.1 Å². The molecule has 2 amide bonds. The maximum absolute atomic E-state index is 12.4. The molecular formula is C19H23N3O3. The zero-order valence-electron chi connectivity index (χ0n) is 14.6. The molecule has 25 heavy (non-hydrogen) atoms. The van der Waals surface area contributed by atoms with Crippen LogP contribution in [0, 0.1) is 0 Å². The SMILES string of the molecule is CCOc1ccccc1NC(=O)C(C)Nc1ccc(NC(C)=O)cc1. The Hall–Kier alpha value is -3.02. The van der Waals surface area contributed by atoms with Crippen LogP contribution in [0.25, 0.3) is 0 Å². The molecule has 0 saturated heterocycles. The highest BCUT2D eigenvalue weighted by Crippen LogP contribution is 2.24. The Bertz CT molecular complexity index is 729. The van der Waals surface area contributed by atoms with E-state index in [1.54, 1.807) is 25.1 Å². The lowest BCUT2D eigenvalue weighted by Gasteiger charge is -2.17. The van der Waals surface area contributed by atoms with Crippen LogP contribution in [0.1, 0.15) is 20.8 Å². The molecule has 3 N–H and O–H groups in total. The smallest absolute Gasteiger partial charge is 0.246 e. The number of benzene rings is 2. The van der Waals surface area contributed by atoms with E-state index in [9.17, 15) is 9.59 Å². The van der Waals surface area contributed by atoms with Gasteiger partial charge in [0.05, 0.1) is 12.3 Å². The minimum absolute atomic E-state index is 0.124. The quantitative estimate of drug-likeness (QED) is 0.720. The van der Waals surface area contributed by atoms with Crippen LogP contribution >= 0.6 is 0 Å². The number of hydrogen-bond donors (Lipinski definition) is 3. The van der Waals surface area contributed by atoms with Crippen molar-refractivity contribution >= 4 is 28.9 Å². The van der Waals surface area contributed by atoms with Crippen LogP contribution < -0.4 is 20.7 Å². The number of ether oxygens (including phenoxy) is 1. The van der Waals surface area contributed by atoms with Crippen LogP contribution in [-0.2, 0) is 9.59 Å². The summed E-state index contributed by atoms with van der Waals surface area (Å²) in [6, 6.07) is 14.1. The fourth-order valence-electron chi connectivity index (χ4n) is 2.26. The van der Waals surface area contributed by atoms with Crippen LogP contribution in [-0.4, -0.2) is 24.5 Å². The van der Waals surface area contributed by atoms with E-state index in [-0.39, 0.29) is 11.8 Å². The lowest BCUT2D eigenvalue weighted by atomic mass is 10.2. The van der Waals surface area contributed by atoms with Crippen LogP contribution in [0.2, 0.25) is 0 Å². The van der Waals surface area contributed by atoms with Gasteiger partial charge < -0.3 is 20.7 Å². The third-order valence-electron chi connectivity index (χ3n) is 3.43. The van der Waals surface area contributed by atoms with E-state index in [0.717, 1.165) is 5.69 Å². The molecule has 0 aromatic heterocycles. The normalized spacial score (nSPS) is 11.3. The highest BCUT2D eigenvalue weighted by molar-refractivity contribution is 5.97. The second-order valence-electron chi connectivity index (χ2n) is 5.54. The molecule has 2 aromatic rings. The largest absolute Gasteiger partial charge is 0.492 e. The highest BCUT2D eigenvalue weighted by atomic mass is 16.5. The summed E-state index contributed by atoms with van der Waals surface area (Å²) in [4.78, 5) is 23.4. The lowest BCUT2D eigenvalue weighted by molar-refractivity contribution is -0.116. The Kier molecular flexibility index (Phi) is 6.39. The second kappa shape index (κ2) is 8.73. The molecule has 1 atom stereocenters. The molecule has 0 aliphatic carbocycles. The van der Waals surface area contributed by atoms with E-state index in [2.05, 4.69) is 16.0 Å². The van der Waals surface area contributed by atoms with E-state index in [1.165, 1.54) is 6.92 Å². The Balaban J connectivity index is 1.97. The summed E-state index contributed by atoms with van der Waals surface area (Å²) < 4.78 is 5.51. The van der Waals surface area contributed by atoms with Gasteiger partial charge in [-0.25, -0.2) is 0 Å². The van der Waals surface area contributed by atoms with E-state index < -0.39 is 6.04 Å². The van der Waals surface area contributed by atoms with Gasteiger partial charge in [-0.1, -0.05) is 12.1 Å². The molecule has 2 rings (SSSR count). The van der Waals surface area contributed by atoms with E-state index >= 15 is 0 Å². The van der Waals surface area contributed by atoms with Gasteiger partial charge in [0.25, 0.3) is 0 Å². The van der Waals surface area contributed by atoms with Gasteiger partial charge in [-0.15, -0.1) is 0 Å². The van der Waals surface area contributed by atoms with Crippen LogP contribution in [0.15, 0.2) is 48.5 Å². The summed E-state index contributed by atoms with van der Waals surface area (Å²) in [6.45, 7) is 5.66. The van der Waals surface area contributed by atoms with Crippen LogP contribution in [0.3, 0.4) is 0 Å². The predicted octanol–water partition coefficient (Wildman–Crippen LogP) is 3.48. The maximum atomic E-state index is 12.4. The summed E-state index contributed by atoms with van der Waals surface area (Å²) in [6.07, 6.45) is 0. The average molecular weight is 341 g/mol. The zero-order chi connectivity index (χ0) is 18.2. The summed E-state index contributed by atoms with van der Waals surface area (Å²) in [7, 11) is 0. The molecule has 0 heterocycles. The number of para-hydroxylation sites is 2. The number of amides is 2. The number of hydrogen-bond acceptors (Lipinski definition) is 4. The average Bonchev–Trinajstić information content (AvgIpc) is 2.58. The van der Waals surface area contributed by atoms with Crippen molar-refractivity contribution in [2.45, 2.75) is 26.8 Å². The Morgan fingerprint density at radius 2 is 1.64 bits per heavy atom. The number of anilines is 3. The van der Waals surface area contributed by atoms with Gasteiger partial charge in [0.15, 0.2) is 0 Å². The number of rotatable bonds is 7. The minimum atomic E-state index is -0.443. The summed E-state index contributed by atoms with van der Waals surface area (Å²) in [5.74, 6) is 0.352. The minimum Gasteiger partial charge on any atom is -0.492 e. The molecule has 0 spiro atoms. The highest BCUT2D eigenvalue weighted by Gasteiger charge is 2.14. The second-order valence-corrected chi connectivity index (χ2v) is 5.54. The molecule has 0 saturated carbocycles. The van der Waals surface area contributed by atoms with Crippen molar-refractivity contribution < 1.29 is 14.3 Å². The van der Waals surface area contributed by atoms with Gasteiger partial charge >= 0.3 is 0 Å². The van der Waals surface area contributed by atoms with Crippen molar-refractivity contribution in [3.8, 4) is 5.75 Å². The fraction of sp³-hybridized carbons (Fsp3) is 0.263. The first-order chi connectivity index (χ1) is 12.0. The first-order valence-corrected chi connectivity index (χ1v) is 8.16. The molecule has 2 aromatic carbocycles. The molecule has 132 valence electrons. The Morgan fingerprint density at radius 3 is 2.28 bits per heavy atom. The molecule has 0 bridgehead atoms. The van der Waals surface area contributed by atoms with E-state index in [1.807, 2.05) is 37.3 Å². The molecule has 0 aliphatic rings. The standard InChI is InChI=1S/C19H23N3O3/c1-4-25-18-8-6-5-7-17(18)22-19(24)13(2)20-15-9-11-16(12-10-15)21-14(3)23/h5-13,20H,4H2,1-3H3,(H,21,23)(H,22,24). The molecule has 0 fully saturated rings. The van der Waals surface area contributed by atoms with Crippen molar-refractivity contribution in [1.29, 1.82) is 0 Å². The number of carbonyl (C=O) groups excluding carboxylic acids is 2. The monoisotopic (exact) mass is 341 g/mol. The van der Waals surface area contributed by atoms with Gasteiger partial charge in [0.1, 0.15) is 11.8 Å². The van der Waals surface area contributed by atoms with Gasteiger partial charge in [-0.2, -0.15) is 0 Å². The van der Waals surface area contributed by atoms with Gasteiger partial charge in [0.2, 0.25) is 11.8 Å².